The van der Waals surface area contributed by atoms with Crippen LogP contribution in [0.15, 0.2) is 70.9 Å². The maximum atomic E-state index is 15.1. The van der Waals surface area contributed by atoms with Gasteiger partial charge in [0.15, 0.2) is 5.69 Å². The Bertz CT molecular complexity index is 1880. The van der Waals surface area contributed by atoms with Crippen LogP contribution in [0.25, 0.3) is 27.5 Å². The number of thiazole rings is 1. The standard InChI is InChI=1S/C31H26F3N5O2S2/c1-36-43(35)28-10-7-18(12-25(28)34)11-23-27(13-17-5-6-17)39(31-37-26(16-42-31)30(40)41)38-29(23)20-8-9-24(33)22(15-20)19-3-2-4-21(32)14-19/h2-4,7-10,12,14-17H,5-6,11,13H2,1H3,(H2,35,36)(H,40,41). The van der Waals surface area contributed by atoms with Gasteiger partial charge in [0.2, 0.25) is 5.13 Å². The highest BCUT2D eigenvalue weighted by Gasteiger charge is 2.29. The zero-order chi connectivity index (χ0) is 30.2. The fourth-order valence-corrected chi connectivity index (χ4v) is 6.46. The molecule has 12 heteroatoms. The first-order chi connectivity index (χ1) is 20.7. The van der Waals surface area contributed by atoms with Crippen LogP contribution in [0.5, 0.6) is 0 Å². The normalized spacial score (nSPS) is 13.8. The van der Waals surface area contributed by atoms with Gasteiger partial charge in [-0.05, 0) is 96.7 Å². The number of nitrogens with one attached hydrogen (secondary N) is 2. The maximum Gasteiger partial charge on any atom is 0.355 e. The van der Waals surface area contributed by atoms with Crippen molar-refractivity contribution in [1.82, 2.24) is 19.5 Å². The molecule has 1 fully saturated rings. The zero-order valence-electron chi connectivity index (χ0n) is 22.9. The number of carboxylic acid groups (broad SMARTS) is 1. The molecule has 7 nitrogen and oxygen atoms in total. The van der Waals surface area contributed by atoms with Crippen LogP contribution in [0.1, 0.15) is 40.2 Å². The smallest absolute Gasteiger partial charge is 0.355 e. The highest BCUT2D eigenvalue weighted by Crippen LogP contribution is 2.39. The first kappa shape index (κ1) is 29.0. The van der Waals surface area contributed by atoms with Gasteiger partial charge in [-0.25, -0.2) is 27.6 Å². The minimum atomic E-state index is -1.20. The van der Waals surface area contributed by atoms with Crippen LogP contribution in [-0.2, 0) is 23.7 Å². The van der Waals surface area contributed by atoms with Gasteiger partial charge in [0.05, 0.1) is 16.3 Å². The number of aromatic nitrogens is 3. The minimum Gasteiger partial charge on any atom is -0.476 e. The third kappa shape index (κ3) is 6.03. The van der Waals surface area contributed by atoms with Crippen molar-refractivity contribution >= 4 is 28.2 Å². The molecule has 3 N–H and O–H groups in total. The topological polar surface area (TPSA) is 104 Å². The molecule has 1 aliphatic carbocycles. The Hall–Kier alpha value is -4.13. The lowest BCUT2D eigenvalue weighted by Gasteiger charge is -2.11. The van der Waals surface area contributed by atoms with Gasteiger partial charge >= 0.3 is 5.97 Å². The number of carboxylic acids is 1. The van der Waals surface area contributed by atoms with Crippen LogP contribution in [0.2, 0.25) is 0 Å². The average Bonchev–Trinajstić information content (AvgIpc) is 3.55. The molecule has 220 valence electrons. The first-order valence-electron chi connectivity index (χ1n) is 13.5. The van der Waals surface area contributed by atoms with Gasteiger partial charge < -0.3 is 5.11 Å². The summed E-state index contributed by atoms with van der Waals surface area (Å²) in [7, 11) is 0.400. The first-order valence-corrected chi connectivity index (χ1v) is 15.6. The summed E-state index contributed by atoms with van der Waals surface area (Å²) < 4.78 is 56.7. The minimum absolute atomic E-state index is 0.0980. The van der Waals surface area contributed by atoms with Gasteiger partial charge in [-0.1, -0.05) is 18.2 Å². The predicted octanol–water partition coefficient (Wildman–Crippen LogP) is 7.20. The lowest BCUT2D eigenvalue weighted by atomic mass is 9.95. The van der Waals surface area contributed by atoms with E-state index in [-0.39, 0.29) is 22.6 Å². The predicted molar refractivity (Wildman–Crippen MR) is 160 cm³/mol. The number of benzene rings is 3. The number of rotatable bonds is 10. The maximum absolute atomic E-state index is 15.1. The fraction of sp³-hybridized carbons (Fsp3) is 0.194. The van der Waals surface area contributed by atoms with Crippen LogP contribution in [0, 0.1) is 28.1 Å². The lowest BCUT2D eigenvalue weighted by Crippen LogP contribution is -2.11. The summed E-state index contributed by atoms with van der Waals surface area (Å²) in [6, 6.07) is 15.0. The van der Waals surface area contributed by atoms with E-state index in [2.05, 4.69) is 9.71 Å². The van der Waals surface area contributed by atoms with E-state index in [9.17, 15) is 14.3 Å². The number of hydrogen-bond donors (Lipinski definition) is 3. The Morgan fingerprint density at radius 1 is 1.09 bits per heavy atom. The second kappa shape index (κ2) is 11.9. The van der Waals surface area contributed by atoms with Crippen LogP contribution in [-0.4, -0.2) is 32.9 Å². The molecular weight excluding hydrogens is 596 g/mol. The third-order valence-electron chi connectivity index (χ3n) is 7.34. The van der Waals surface area contributed by atoms with Crippen molar-refractivity contribution in [3.8, 4) is 27.5 Å². The molecule has 43 heavy (non-hydrogen) atoms. The molecule has 3 aromatic carbocycles. The number of nitrogens with zero attached hydrogens (tertiary/aromatic N) is 3. The Morgan fingerprint density at radius 3 is 2.58 bits per heavy atom. The van der Waals surface area contributed by atoms with Crippen molar-refractivity contribution in [2.24, 2.45) is 5.92 Å². The molecule has 1 saturated carbocycles. The average molecular weight is 622 g/mol. The van der Waals surface area contributed by atoms with Crippen LogP contribution >= 0.6 is 11.3 Å². The van der Waals surface area contributed by atoms with Crippen molar-refractivity contribution in [2.75, 3.05) is 7.05 Å². The van der Waals surface area contributed by atoms with Gasteiger partial charge in [0.1, 0.15) is 17.5 Å². The Morgan fingerprint density at radius 2 is 1.91 bits per heavy atom. The van der Waals surface area contributed by atoms with Crippen LogP contribution < -0.4 is 4.72 Å². The van der Waals surface area contributed by atoms with E-state index in [0.29, 0.717) is 39.9 Å². The van der Waals surface area contributed by atoms with E-state index in [4.69, 9.17) is 9.88 Å². The van der Waals surface area contributed by atoms with E-state index >= 15 is 8.78 Å². The fourth-order valence-electron chi connectivity index (χ4n) is 5.01. The highest BCUT2D eigenvalue weighted by atomic mass is 32.2. The molecule has 2 heterocycles. The molecule has 2 aromatic heterocycles. The van der Waals surface area contributed by atoms with Crippen LogP contribution in [0.4, 0.5) is 13.2 Å². The van der Waals surface area contributed by atoms with E-state index in [1.54, 1.807) is 42.1 Å². The van der Waals surface area contributed by atoms with E-state index < -0.39 is 34.3 Å². The summed E-state index contributed by atoms with van der Waals surface area (Å²) in [5.41, 5.74) is 3.82. The lowest BCUT2D eigenvalue weighted by molar-refractivity contribution is 0.0691. The SMILES string of the molecule is CNS(=N)c1ccc(Cc2c(-c3ccc(F)c(-c4cccc(F)c4)c3)nn(-c3nc(C(=O)O)cs3)c2CC2CC2)cc1F. The molecule has 0 saturated heterocycles. The number of aromatic carboxylic acids is 1. The van der Waals surface area contributed by atoms with Crippen molar-refractivity contribution in [3.05, 3.63) is 106 Å². The van der Waals surface area contributed by atoms with Crippen LogP contribution in [0.3, 0.4) is 0 Å². The van der Waals surface area contributed by atoms with Gasteiger partial charge in [0, 0.05) is 28.5 Å². The molecule has 6 rings (SSSR count). The van der Waals surface area contributed by atoms with Gasteiger partial charge in [-0.2, -0.15) is 5.10 Å². The van der Waals surface area contributed by atoms with E-state index in [1.807, 2.05) is 0 Å². The highest BCUT2D eigenvalue weighted by molar-refractivity contribution is 7.84. The zero-order valence-corrected chi connectivity index (χ0v) is 24.5. The Labute approximate surface area is 252 Å². The van der Waals surface area contributed by atoms with Crippen molar-refractivity contribution < 1.29 is 23.1 Å². The molecule has 0 bridgehead atoms. The number of carbonyl (C=O) groups is 1. The molecule has 1 atom stereocenters. The molecule has 1 aliphatic rings. The summed E-state index contributed by atoms with van der Waals surface area (Å²) in [4.78, 5) is 16.2. The number of hydrogen-bond acceptors (Lipinski definition) is 5. The molecule has 0 spiro atoms. The molecule has 1 unspecified atom stereocenters. The molecular formula is C31H26F3N5O2S2. The monoisotopic (exact) mass is 621 g/mol. The summed E-state index contributed by atoms with van der Waals surface area (Å²) in [5.74, 6) is -2.24. The Kier molecular flexibility index (Phi) is 7.99. The molecule has 0 amide bonds. The second-order valence-corrected chi connectivity index (χ2v) is 12.6. The van der Waals surface area contributed by atoms with Gasteiger partial charge in [-0.15, -0.1) is 11.3 Å². The molecule has 0 radical (unpaired) electrons. The molecule has 5 aromatic rings. The third-order valence-corrected chi connectivity index (χ3v) is 9.33. The number of halogens is 3. The summed E-state index contributed by atoms with van der Waals surface area (Å²) >= 11 is 1.15. The summed E-state index contributed by atoms with van der Waals surface area (Å²) in [5, 5.41) is 16.2. The van der Waals surface area contributed by atoms with E-state index in [0.717, 1.165) is 35.4 Å². The van der Waals surface area contributed by atoms with E-state index in [1.165, 1.54) is 35.7 Å². The largest absolute Gasteiger partial charge is 0.476 e. The van der Waals surface area contributed by atoms with Crippen molar-refractivity contribution in [2.45, 2.75) is 30.6 Å². The summed E-state index contributed by atoms with van der Waals surface area (Å²) in [6.45, 7) is 0. The van der Waals surface area contributed by atoms with Crippen molar-refractivity contribution in [3.63, 3.8) is 0 Å². The van der Waals surface area contributed by atoms with Crippen molar-refractivity contribution in [1.29, 1.82) is 4.78 Å². The van der Waals surface area contributed by atoms with Gasteiger partial charge in [-0.3, -0.25) is 9.50 Å². The molecule has 0 aliphatic heterocycles. The quantitative estimate of drug-likeness (QED) is 0.153. The second-order valence-electron chi connectivity index (χ2n) is 10.3. The Balaban J connectivity index is 1.53. The summed E-state index contributed by atoms with van der Waals surface area (Å²) in [6.07, 6.45) is 3.01. The van der Waals surface area contributed by atoms with Gasteiger partial charge in [0.25, 0.3) is 0 Å².